The second-order valence-corrected chi connectivity index (χ2v) is 4.76. The molecule has 3 aliphatic carbocycles. The quantitative estimate of drug-likeness (QED) is 0.608. The fraction of sp³-hybridized carbons (Fsp3) is 0.429. The molecule has 0 saturated heterocycles. The SMILES string of the molecule is OC1=C2CC=CCC2=C(O)C2CC=CCC12. The van der Waals surface area contributed by atoms with Gasteiger partial charge in [0.05, 0.1) is 0 Å². The van der Waals surface area contributed by atoms with E-state index in [0.29, 0.717) is 11.5 Å². The van der Waals surface area contributed by atoms with Crippen LogP contribution in [-0.4, -0.2) is 10.2 Å². The lowest BCUT2D eigenvalue weighted by atomic mass is 9.71. The lowest BCUT2D eigenvalue weighted by Crippen LogP contribution is -2.27. The molecule has 84 valence electrons. The molecule has 2 atom stereocenters. The zero-order chi connectivity index (χ0) is 11.1. The van der Waals surface area contributed by atoms with E-state index in [1.54, 1.807) is 0 Å². The highest BCUT2D eigenvalue weighted by molar-refractivity contribution is 5.46. The summed E-state index contributed by atoms with van der Waals surface area (Å²) in [7, 11) is 0. The first-order valence-corrected chi connectivity index (χ1v) is 5.93. The van der Waals surface area contributed by atoms with Crippen LogP contribution in [0.5, 0.6) is 0 Å². The molecule has 0 aromatic carbocycles. The molecule has 0 aromatic heterocycles. The third kappa shape index (κ3) is 1.26. The Morgan fingerprint density at radius 3 is 1.62 bits per heavy atom. The monoisotopic (exact) mass is 216 g/mol. The first kappa shape index (κ1) is 9.76. The van der Waals surface area contributed by atoms with Crippen molar-refractivity contribution in [2.75, 3.05) is 0 Å². The largest absolute Gasteiger partial charge is 0.512 e. The first-order chi connectivity index (χ1) is 7.79. The standard InChI is InChI=1S/C14H16O2/c15-13-9-5-1-2-6-10(9)14(16)12-8-4-3-7-11(12)13/h1-4,9-10,15-16H,5-8H2. The average Bonchev–Trinajstić information content (AvgIpc) is 2.36. The van der Waals surface area contributed by atoms with Gasteiger partial charge < -0.3 is 10.2 Å². The van der Waals surface area contributed by atoms with Gasteiger partial charge in [0.1, 0.15) is 11.5 Å². The summed E-state index contributed by atoms with van der Waals surface area (Å²) in [6, 6.07) is 0. The van der Waals surface area contributed by atoms with Gasteiger partial charge in [-0.2, -0.15) is 0 Å². The second-order valence-electron chi connectivity index (χ2n) is 4.76. The number of rotatable bonds is 0. The van der Waals surface area contributed by atoms with Gasteiger partial charge in [-0.15, -0.1) is 0 Å². The Labute approximate surface area is 95.3 Å². The Morgan fingerprint density at radius 2 is 1.19 bits per heavy atom. The van der Waals surface area contributed by atoms with Gasteiger partial charge in [-0.3, -0.25) is 0 Å². The fourth-order valence-electron chi connectivity index (χ4n) is 3.03. The minimum Gasteiger partial charge on any atom is -0.512 e. The van der Waals surface area contributed by atoms with Gasteiger partial charge in [-0.05, 0) is 25.7 Å². The maximum Gasteiger partial charge on any atom is 0.100 e. The zero-order valence-corrected chi connectivity index (χ0v) is 9.19. The molecule has 2 heteroatoms. The maximum absolute atomic E-state index is 10.3. The summed E-state index contributed by atoms with van der Waals surface area (Å²) in [5.41, 5.74) is 1.94. The number of hydrogen-bond donors (Lipinski definition) is 2. The molecular weight excluding hydrogens is 200 g/mol. The summed E-state index contributed by atoms with van der Waals surface area (Å²) in [6.07, 6.45) is 11.6. The molecule has 2 nitrogen and oxygen atoms in total. The smallest absolute Gasteiger partial charge is 0.100 e. The number of aliphatic hydroxyl groups is 2. The average molecular weight is 216 g/mol. The van der Waals surface area contributed by atoms with Gasteiger partial charge in [0.25, 0.3) is 0 Å². The zero-order valence-electron chi connectivity index (χ0n) is 9.19. The van der Waals surface area contributed by atoms with E-state index >= 15 is 0 Å². The Hall–Kier alpha value is -1.44. The topological polar surface area (TPSA) is 40.5 Å². The van der Waals surface area contributed by atoms with Crippen LogP contribution in [0, 0.1) is 11.8 Å². The number of allylic oxidation sites excluding steroid dienone is 8. The van der Waals surface area contributed by atoms with E-state index in [4.69, 9.17) is 0 Å². The summed E-state index contributed by atoms with van der Waals surface area (Å²) in [4.78, 5) is 0. The van der Waals surface area contributed by atoms with E-state index in [2.05, 4.69) is 24.3 Å². The van der Waals surface area contributed by atoms with Crippen LogP contribution in [0.4, 0.5) is 0 Å². The van der Waals surface area contributed by atoms with E-state index in [0.717, 1.165) is 36.8 Å². The Kier molecular flexibility index (Phi) is 2.16. The minimum atomic E-state index is 0.107. The molecule has 0 aromatic rings. The van der Waals surface area contributed by atoms with Crippen LogP contribution in [0.25, 0.3) is 0 Å². The van der Waals surface area contributed by atoms with E-state index in [-0.39, 0.29) is 11.8 Å². The van der Waals surface area contributed by atoms with Crippen LogP contribution in [0.1, 0.15) is 25.7 Å². The second kappa shape index (κ2) is 3.55. The van der Waals surface area contributed by atoms with E-state index in [9.17, 15) is 10.2 Å². The third-order valence-electron chi connectivity index (χ3n) is 3.93. The highest BCUT2D eigenvalue weighted by atomic mass is 16.3. The Bertz CT molecular complexity index is 398. The molecule has 0 bridgehead atoms. The van der Waals surface area contributed by atoms with Crippen molar-refractivity contribution in [3.05, 3.63) is 47.0 Å². The van der Waals surface area contributed by atoms with E-state index in [1.165, 1.54) is 0 Å². The summed E-state index contributed by atoms with van der Waals surface area (Å²) in [5.74, 6) is 1.25. The van der Waals surface area contributed by atoms with Crippen LogP contribution in [0.3, 0.4) is 0 Å². The normalized spacial score (nSPS) is 32.8. The lowest BCUT2D eigenvalue weighted by Gasteiger charge is -2.35. The molecule has 2 N–H and O–H groups in total. The Balaban J connectivity index is 2.11. The maximum atomic E-state index is 10.3. The molecule has 3 rings (SSSR count). The van der Waals surface area contributed by atoms with Crippen molar-refractivity contribution in [3.63, 3.8) is 0 Å². The molecule has 0 radical (unpaired) electrons. The van der Waals surface area contributed by atoms with Crippen LogP contribution in [0.2, 0.25) is 0 Å². The van der Waals surface area contributed by atoms with Crippen LogP contribution in [-0.2, 0) is 0 Å². The molecule has 0 saturated carbocycles. The van der Waals surface area contributed by atoms with Crippen molar-refractivity contribution in [1.29, 1.82) is 0 Å². The highest BCUT2D eigenvalue weighted by Crippen LogP contribution is 2.45. The number of fused-ring (bicyclic) bond motifs is 2. The van der Waals surface area contributed by atoms with Crippen molar-refractivity contribution >= 4 is 0 Å². The van der Waals surface area contributed by atoms with Crippen LogP contribution >= 0.6 is 0 Å². The van der Waals surface area contributed by atoms with Gasteiger partial charge in [-0.25, -0.2) is 0 Å². The van der Waals surface area contributed by atoms with Crippen molar-refractivity contribution in [2.45, 2.75) is 25.7 Å². The van der Waals surface area contributed by atoms with Gasteiger partial charge >= 0.3 is 0 Å². The first-order valence-electron chi connectivity index (χ1n) is 5.93. The summed E-state index contributed by atoms with van der Waals surface area (Å²) < 4.78 is 0. The predicted molar refractivity (Wildman–Crippen MR) is 63.0 cm³/mol. The minimum absolute atomic E-state index is 0.107. The lowest BCUT2D eigenvalue weighted by molar-refractivity contribution is 0.205. The molecule has 0 spiro atoms. The van der Waals surface area contributed by atoms with Crippen LogP contribution < -0.4 is 0 Å². The summed E-state index contributed by atoms with van der Waals surface area (Å²) >= 11 is 0. The van der Waals surface area contributed by atoms with Gasteiger partial charge in [0, 0.05) is 23.0 Å². The fourth-order valence-corrected chi connectivity index (χ4v) is 3.03. The van der Waals surface area contributed by atoms with E-state index < -0.39 is 0 Å². The molecular formula is C14H16O2. The van der Waals surface area contributed by atoms with Crippen molar-refractivity contribution in [2.24, 2.45) is 11.8 Å². The van der Waals surface area contributed by atoms with E-state index in [1.807, 2.05) is 0 Å². The predicted octanol–water partition coefficient (Wildman–Crippen LogP) is 3.56. The molecule has 2 unspecified atom stereocenters. The molecule has 0 heterocycles. The number of hydrogen-bond acceptors (Lipinski definition) is 2. The highest BCUT2D eigenvalue weighted by Gasteiger charge is 2.37. The number of aliphatic hydroxyl groups excluding tert-OH is 2. The third-order valence-corrected chi connectivity index (χ3v) is 3.93. The van der Waals surface area contributed by atoms with Gasteiger partial charge in [-0.1, -0.05) is 24.3 Å². The van der Waals surface area contributed by atoms with Crippen molar-refractivity contribution in [1.82, 2.24) is 0 Å². The molecule has 0 aliphatic heterocycles. The summed E-state index contributed by atoms with van der Waals surface area (Å²) in [6.45, 7) is 0. The molecule has 16 heavy (non-hydrogen) atoms. The van der Waals surface area contributed by atoms with Crippen molar-refractivity contribution < 1.29 is 10.2 Å². The van der Waals surface area contributed by atoms with Crippen LogP contribution in [0.15, 0.2) is 47.0 Å². The summed E-state index contributed by atoms with van der Waals surface area (Å²) in [5, 5.41) is 20.6. The van der Waals surface area contributed by atoms with Gasteiger partial charge in [0.15, 0.2) is 0 Å². The van der Waals surface area contributed by atoms with Crippen molar-refractivity contribution in [3.8, 4) is 0 Å². The molecule has 0 fully saturated rings. The van der Waals surface area contributed by atoms with Gasteiger partial charge in [0.2, 0.25) is 0 Å². The molecule has 0 amide bonds. The Morgan fingerprint density at radius 1 is 0.750 bits per heavy atom. The molecule has 3 aliphatic rings.